The summed E-state index contributed by atoms with van der Waals surface area (Å²) in [6.45, 7) is 9.30. The van der Waals surface area contributed by atoms with E-state index in [-0.39, 0.29) is 0 Å². The molecule has 0 saturated carbocycles. The van der Waals surface area contributed by atoms with Crippen LogP contribution in [0.1, 0.15) is 24.6 Å². The van der Waals surface area contributed by atoms with Crippen LogP contribution in [0.15, 0.2) is 42.2 Å². The molecule has 0 atom stereocenters. The van der Waals surface area contributed by atoms with E-state index in [4.69, 9.17) is 0 Å². The molecule has 0 aliphatic carbocycles. The number of rotatable bonds is 5. The average Bonchev–Trinajstić information content (AvgIpc) is 2.28. The summed E-state index contributed by atoms with van der Waals surface area (Å²) in [5, 5.41) is 0. The van der Waals surface area contributed by atoms with Crippen molar-refractivity contribution in [2.75, 3.05) is 0 Å². The van der Waals surface area contributed by atoms with Crippen LogP contribution in [0.2, 0.25) is 0 Å². The summed E-state index contributed by atoms with van der Waals surface area (Å²) in [6, 6.07) is 4.08. The molecule has 1 rings (SSSR count). The van der Waals surface area contributed by atoms with Gasteiger partial charge in [0, 0.05) is 29.2 Å². The van der Waals surface area contributed by atoms with Crippen LogP contribution in [0.5, 0.6) is 0 Å². The minimum atomic E-state index is 0.945. The number of aromatic nitrogens is 1. The van der Waals surface area contributed by atoms with Crippen molar-refractivity contribution >= 4 is 12.3 Å². The van der Waals surface area contributed by atoms with E-state index in [1.807, 2.05) is 18.3 Å². The molecular weight excluding hydrogens is 184 g/mol. The second-order valence-electron chi connectivity index (χ2n) is 3.26. The van der Waals surface area contributed by atoms with Gasteiger partial charge in [-0.1, -0.05) is 32.1 Å². The summed E-state index contributed by atoms with van der Waals surface area (Å²) in [6.07, 6.45) is 7.43. The molecule has 0 unspecified atom stereocenters. The van der Waals surface area contributed by atoms with E-state index >= 15 is 0 Å². The van der Waals surface area contributed by atoms with Crippen molar-refractivity contribution in [2.24, 2.45) is 4.99 Å². The third-order valence-electron chi connectivity index (χ3n) is 2.11. The summed E-state index contributed by atoms with van der Waals surface area (Å²) >= 11 is 0. The van der Waals surface area contributed by atoms with Gasteiger partial charge in [0.2, 0.25) is 0 Å². The highest BCUT2D eigenvalue weighted by molar-refractivity contribution is 5.73. The van der Waals surface area contributed by atoms with Crippen molar-refractivity contribution in [1.82, 2.24) is 4.98 Å². The van der Waals surface area contributed by atoms with E-state index in [1.165, 1.54) is 0 Å². The van der Waals surface area contributed by atoms with Crippen LogP contribution in [-0.2, 0) is 6.42 Å². The molecule has 1 heterocycles. The maximum Gasteiger partial charge on any atom is 0.0403 e. The molecule has 15 heavy (non-hydrogen) atoms. The highest BCUT2D eigenvalue weighted by atomic mass is 14.7. The lowest BCUT2D eigenvalue weighted by Crippen LogP contribution is -1.90. The van der Waals surface area contributed by atoms with Crippen molar-refractivity contribution < 1.29 is 0 Å². The van der Waals surface area contributed by atoms with Gasteiger partial charge in [-0.15, -0.1) is 0 Å². The van der Waals surface area contributed by atoms with E-state index in [1.54, 1.807) is 12.3 Å². The smallest absolute Gasteiger partial charge is 0.0403 e. The normalized spacial score (nSPS) is 11.1. The van der Waals surface area contributed by atoms with Gasteiger partial charge in [0.15, 0.2) is 0 Å². The first-order valence-electron chi connectivity index (χ1n) is 5.05. The second kappa shape index (κ2) is 5.91. The number of hydrogen-bond donors (Lipinski definition) is 0. The van der Waals surface area contributed by atoms with Gasteiger partial charge in [0.1, 0.15) is 0 Å². The molecular formula is C13H16N2. The number of aliphatic imine (C=N–C) groups is 1. The fourth-order valence-corrected chi connectivity index (χ4v) is 1.34. The molecule has 0 aliphatic heterocycles. The Labute approximate surface area is 91.1 Å². The molecule has 2 nitrogen and oxygen atoms in total. The van der Waals surface area contributed by atoms with Crippen molar-refractivity contribution in [3.63, 3.8) is 0 Å². The maximum atomic E-state index is 4.37. The fraction of sp³-hybridized carbons (Fsp3) is 0.231. The second-order valence-corrected chi connectivity index (χ2v) is 3.26. The van der Waals surface area contributed by atoms with Crippen LogP contribution in [0.25, 0.3) is 5.57 Å². The summed E-state index contributed by atoms with van der Waals surface area (Å²) < 4.78 is 0. The van der Waals surface area contributed by atoms with Gasteiger partial charge in [-0.25, -0.2) is 0 Å². The van der Waals surface area contributed by atoms with Crippen LogP contribution in [0.3, 0.4) is 0 Å². The van der Waals surface area contributed by atoms with Crippen molar-refractivity contribution in [1.29, 1.82) is 0 Å². The highest BCUT2D eigenvalue weighted by Crippen LogP contribution is 2.14. The van der Waals surface area contributed by atoms with E-state index < -0.39 is 0 Å². The zero-order chi connectivity index (χ0) is 11.1. The molecule has 78 valence electrons. The van der Waals surface area contributed by atoms with Gasteiger partial charge in [0.25, 0.3) is 0 Å². The summed E-state index contributed by atoms with van der Waals surface area (Å²) in [4.78, 5) is 8.10. The topological polar surface area (TPSA) is 25.2 Å². The first-order chi connectivity index (χ1) is 7.31. The standard InChI is InChI=1S/C13H16N2/c1-4-6-13-8-7-12(10-15-13)11(5-2)9-14-3/h5,7-10H,2-4,6H2,1H3/b11-9+. The van der Waals surface area contributed by atoms with Crippen LogP contribution < -0.4 is 0 Å². The molecule has 0 radical (unpaired) electrons. The Morgan fingerprint density at radius 1 is 1.53 bits per heavy atom. The monoisotopic (exact) mass is 200 g/mol. The van der Waals surface area contributed by atoms with Crippen LogP contribution >= 0.6 is 0 Å². The predicted octanol–water partition coefficient (Wildman–Crippen LogP) is 3.26. The van der Waals surface area contributed by atoms with E-state index in [9.17, 15) is 0 Å². The lowest BCUT2D eigenvalue weighted by atomic mass is 10.1. The quantitative estimate of drug-likeness (QED) is 0.529. The molecule has 0 aliphatic rings. The number of hydrogen-bond acceptors (Lipinski definition) is 2. The van der Waals surface area contributed by atoms with Crippen molar-refractivity contribution in [3.8, 4) is 0 Å². The third-order valence-corrected chi connectivity index (χ3v) is 2.11. The predicted molar refractivity (Wildman–Crippen MR) is 66.0 cm³/mol. The van der Waals surface area contributed by atoms with Crippen LogP contribution in [-0.4, -0.2) is 11.7 Å². The minimum Gasteiger partial charge on any atom is -0.272 e. The third kappa shape index (κ3) is 3.17. The van der Waals surface area contributed by atoms with Crippen LogP contribution in [0, 0.1) is 0 Å². The Bertz CT molecular complexity index is 361. The maximum absolute atomic E-state index is 4.37. The first kappa shape index (κ1) is 11.4. The molecule has 0 aromatic carbocycles. The molecule has 0 fully saturated rings. The average molecular weight is 200 g/mol. The number of pyridine rings is 1. The number of allylic oxidation sites excluding steroid dienone is 2. The summed E-state index contributed by atoms with van der Waals surface area (Å²) in [7, 11) is 0. The Morgan fingerprint density at radius 2 is 2.33 bits per heavy atom. The van der Waals surface area contributed by atoms with Gasteiger partial charge in [0.05, 0.1) is 0 Å². The van der Waals surface area contributed by atoms with Crippen molar-refractivity contribution in [2.45, 2.75) is 19.8 Å². The Balaban J connectivity index is 2.91. The van der Waals surface area contributed by atoms with E-state index in [2.05, 4.69) is 30.2 Å². The molecule has 0 bridgehead atoms. The number of nitrogens with zero attached hydrogens (tertiary/aromatic N) is 2. The largest absolute Gasteiger partial charge is 0.272 e. The Kier molecular flexibility index (Phi) is 4.48. The molecule has 1 aromatic heterocycles. The SMILES string of the molecule is C=C/C(=C\N=C)c1ccc(CCC)nc1. The summed E-state index contributed by atoms with van der Waals surface area (Å²) in [5.41, 5.74) is 3.09. The van der Waals surface area contributed by atoms with E-state index in [0.29, 0.717) is 0 Å². The van der Waals surface area contributed by atoms with Gasteiger partial charge in [-0.2, -0.15) is 0 Å². The van der Waals surface area contributed by atoms with Crippen LogP contribution in [0.4, 0.5) is 0 Å². The lowest BCUT2D eigenvalue weighted by Gasteiger charge is -2.02. The molecule has 2 heteroatoms. The Morgan fingerprint density at radius 3 is 2.80 bits per heavy atom. The van der Waals surface area contributed by atoms with Gasteiger partial charge >= 0.3 is 0 Å². The van der Waals surface area contributed by atoms with E-state index in [0.717, 1.165) is 29.7 Å². The minimum absolute atomic E-state index is 0.945. The van der Waals surface area contributed by atoms with Gasteiger partial charge < -0.3 is 0 Å². The zero-order valence-electron chi connectivity index (χ0n) is 9.11. The summed E-state index contributed by atoms with van der Waals surface area (Å²) in [5.74, 6) is 0. The van der Waals surface area contributed by atoms with Crippen molar-refractivity contribution in [3.05, 3.63) is 48.4 Å². The molecule has 0 N–H and O–H groups in total. The number of aryl methyl sites for hydroxylation is 1. The molecule has 0 saturated heterocycles. The Hall–Kier alpha value is -1.70. The molecule has 0 spiro atoms. The van der Waals surface area contributed by atoms with Gasteiger partial charge in [-0.3, -0.25) is 9.98 Å². The lowest BCUT2D eigenvalue weighted by molar-refractivity contribution is 0.882. The van der Waals surface area contributed by atoms with Gasteiger partial charge in [-0.05, 0) is 19.2 Å². The molecule has 0 amide bonds. The molecule has 1 aromatic rings. The first-order valence-corrected chi connectivity index (χ1v) is 5.05. The fourth-order valence-electron chi connectivity index (χ4n) is 1.34. The highest BCUT2D eigenvalue weighted by Gasteiger charge is 1.98. The zero-order valence-corrected chi connectivity index (χ0v) is 9.11.